The minimum absolute atomic E-state index is 0.211. The van der Waals surface area contributed by atoms with Crippen molar-refractivity contribution in [3.63, 3.8) is 0 Å². The predicted molar refractivity (Wildman–Crippen MR) is 108 cm³/mol. The minimum Gasteiger partial charge on any atom is -0.369 e. The zero-order valence-corrected chi connectivity index (χ0v) is 15.8. The highest BCUT2D eigenvalue weighted by atomic mass is 19.1. The number of nitrogens with one attached hydrogen (secondary N) is 1. The van der Waals surface area contributed by atoms with E-state index >= 15 is 0 Å². The van der Waals surface area contributed by atoms with Gasteiger partial charge in [0, 0.05) is 30.6 Å². The lowest BCUT2D eigenvalue weighted by molar-refractivity contribution is -0.123. The molecule has 0 unspecified atom stereocenters. The second kappa shape index (κ2) is 9.14. The number of primary amides is 1. The van der Waals surface area contributed by atoms with E-state index in [0.717, 1.165) is 0 Å². The third-order valence-electron chi connectivity index (χ3n) is 4.92. The van der Waals surface area contributed by atoms with Gasteiger partial charge in [-0.1, -0.05) is 30.3 Å². The monoisotopic (exact) mass is 395 g/mol. The molecular formula is C22H22FN3O3. The van der Waals surface area contributed by atoms with Gasteiger partial charge in [0.05, 0.1) is 11.3 Å². The number of hydrogen-bond acceptors (Lipinski definition) is 3. The van der Waals surface area contributed by atoms with Gasteiger partial charge in [-0.3, -0.25) is 14.4 Å². The fourth-order valence-electron chi connectivity index (χ4n) is 3.27. The molecule has 29 heavy (non-hydrogen) atoms. The molecule has 2 aromatic carbocycles. The summed E-state index contributed by atoms with van der Waals surface area (Å²) < 4.78 is 13.7. The second-order valence-corrected chi connectivity index (χ2v) is 6.86. The number of halogens is 1. The fourth-order valence-corrected chi connectivity index (χ4v) is 3.27. The van der Waals surface area contributed by atoms with Crippen LogP contribution in [0, 0.1) is 11.7 Å². The minimum atomic E-state index is -0.471. The quantitative estimate of drug-likeness (QED) is 0.763. The van der Waals surface area contributed by atoms with Crippen LogP contribution >= 0.6 is 0 Å². The highest BCUT2D eigenvalue weighted by Crippen LogP contribution is 2.22. The first-order chi connectivity index (χ1) is 14.0. The van der Waals surface area contributed by atoms with Gasteiger partial charge in [-0.05, 0) is 37.1 Å². The van der Waals surface area contributed by atoms with Crippen LogP contribution in [0.4, 0.5) is 10.1 Å². The first-order valence-electron chi connectivity index (χ1n) is 9.37. The molecule has 3 rings (SSSR count). The lowest BCUT2D eigenvalue weighted by atomic mass is 9.95. The Morgan fingerprint density at radius 3 is 2.38 bits per heavy atom. The van der Waals surface area contributed by atoms with Crippen molar-refractivity contribution < 1.29 is 18.8 Å². The largest absolute Gasteiger partial charge is 0.369 e. The predicted octanol–water partition coefficient (Wildman–Crippen LogP) is 2.82. The Morgan fingerprint density at radius 1 is 1.03 bits per heavy atom. The molecular weight excluding hydrogens is 373 g/mol. The smallest absolute Gasteiger partial charge is 0.255 e. The molecule has 6 nitrogen and oxygen atoms in total. The van der Waals surface area contributed by atoms with Crippen molar-refractivity contribution >= 4 is 29.5 Å². The standard InChI is InChI=1S/C22H22FN3O3/c23-18-7-3-1-5-15(18)9-10-20(27)25-19-8-4-2-6-17(19)22(29)26-13-11-16(12-14-26)21(24)28/h1-10,16H,11-14H2,(H2,24,28)(H,25,27). The van der Waals surface area contributed by atoms with Crippen molar-refractivity contribution in [1.29, 1.82) is 0 Å². The molecule has 0 bridgehead atoms. The summed E-state index contributed by atoms with van der Waals surface area (Å²) in [5.41, 5.74) is 6.37. The van der Waals surface area contributed by atoms with Crippen LogP contribution in [0.3, 0.4) is 0 Å². The summed E-state index contributed by atoms with van der Waals surface area (Å²) in [4.78, 5) is 38.1. The Morgan fingerprint density at radius 2 is 1.69 bits per heavy atom. The number of rotatable bonds is 5. The summed E-state index contributed by atoms with van der Waals surface area (Å²) in [6.07, 6.45) is 3.66. The van der Waals surface area contributed by atoms with E-state index in [0.29, 0.717) is 42.7 Å². The average molecular weight is 395 g/mol. The number of nitrogens with two attached hydrogens (primary N) is 1. The summed E-state index contributed by atoms with van der Waals surface area (Å²) in [5, 5.41) is 2.68. The van der Waals surface area contributed by atoms with E-state index in [2.05, 4.69) is 5.32 Å². The van der Waals surface area contributed by atoms with E-state index in [4.69, 9.17) is 5.73 Å². The highest BCUT2D eigenvalue weighted by molar-refractivity contribution is 6.07. The van der Waals surface area contributed by atoms with Gasteiger partial charge in [0.25, 0.3) is 5.91 Å². The van der Waals surface area contributed by atoms with E-state index in [1.54, 1.807) is 47.4 Å². The molecule has 150 valence electrons. The SMILES string of the molecule is NC(=O)C1CCN(C(=O)c2ccccc2NC(=O)C=Cc2ccccc2F)CC1. The van der Waals surface area contributed by atoms with Gasteiger partial charge in [-0.15, -0.1) is 0 Å². The molecule has 7 heteroatoms. The molecule has 1 aliphatic heterocycles. The third-order valence-corrected chi connectivity index (χ3v) is 4.92. The van der Waals surface area contributed by atoms with Crippen LogP contribution in [0.1, 0.15) is 28.8 Å². The first kappa shape index (κ1) is 20.3. The normalized spacial score (nSPS) is 14.7. The van der Waals surface area contributed by atoms with E-state index < -0.39 is 11.7 Å². The molecule has 3 N–H and O–H groups in total. The number of hydrogen-bond donors (Lipinski definition) is 2. The number of carbonyl (C=O) groups excluding carboxylic acids is 3. The number of amides is 3. The van der Waals surface area contributed by atoms with Gasteiger partial charge in [0.2, 0.25) is 11.8 Å². The molecule has 0 aromatic heterocycles. The maximum Gasteiger partial charge on any atom is 0.255 e. The highest BCUT2D eigenvalue weighted by Gasteiger charge is 2.27. The van der Waals surface area contributed by atoms with Crippen LogP contribution in [0.2, 0.25) is 0 Å². The summed E-state index contributed by atoms with van der Waals surface area (Å²) in [6.45, 7) is 0.865. The fraction of sp³-hybridized carbons (Fsp3) is 0.227. The van der Waals surface area contributed by atoms with Crippen molar-refractivity contribution in [2.24, 2.45) is 11.7 Å². The van der Waals surface area contributed by atoms with Crippen LogP contribution in [-0.2, 0) is 9.59 Å². The molecule has 0 atom stereocenters. The molecule has 0 radical (unpaired) electrons. The summed E-state index contributed by atoms with van der Waals surface area (Å²) in [7, 11) is 0. The van der Waals surface area contributed by atoms with Crippen molar-refractivity contribution in [1.82, 2.24) is 4.90 Å². The molecule has 1 saturated heterocycles. The van der Waals surface area contributed by atoms with Gasteiger partial charge in [-0.2, -0.15) is 0 Å². The van der Waals surface area contributed by atoms with E-state index in [1.165, 1.54) is 18.2 Å². The topological polar surface area (TPSA) is 92.5 Å². The Bertz CT molecular complexity index is 950. The van der Waals surface area contributed by atoms with Crippen LogP contribution in [0.15, 0.2) is 54.6 Å². The van der Waals surface area contributed by atoms with Crippen molar-refractivity contribution in [3.8, 4) is 0 Å². The van der Waals surface area contributed by atoms with E-state index in [-0.39, 0.29) is 17.7 Å². The molecule has 1 fully saturated rings. The van der Waals surface area contributed by atoms with E-state index in [9.17, 15) is 18.8 Å². The summed E-state index contributed by atoms with van der Waals surface area (Å²) in [5.74, 6) is -1.67. The van der Waals surface area contributed by atoms with Crippen molar-refractivity contribution in [3.05, 3.63) is 71.6 Å². The van der Waals surface area contributed by atoms with Crippen molar-refractivity contribution in [2.75, 3.05) is 18.4 Å². The molecule has 1 heterocycles. The zero-order chi connectivity index (χ0) is 20.8. The number of piperidine rings is 1. The second-order valence-electron chi connectivity index (χ2n) is 6.86. The lowest BCUT2D eigenvalue weighted by Crippen LogP contribution is -2.42. The zero-order valence-electron chi connectivity index (χ0n) is 15.8. The van der Waals surface area contributed by atoms with Crippen LogP contribution in [-0.4, -0.2) is 35.7 Å². The summed E-state index contributed by atoms with van der Waals surface area (Å²) in [6, 6.07) is 12.8. The molecule has 0 aliphatic carbocycles. The maximum atomic E-state index is 13.7. The number of para-hydroxylation sites is 1. The third kappa shape index (κ3) is 5.07. The number of benzene rings is 2. The van der Waals surface area contributed by atoms with Crippen LogP contribution in [0.5, 0.6) is 0 Å². The Kier molecular flexibility index (Phi) is 6.39. The molecule has 2 aromatic rings. The molecule has 0 saturated carbocycles. The van der Waals surface area contributed by atoms with Crippen LogP contribution in [0.25, 0.3) is 6.08 Å². The number of nitrogens with zero attached hydrogens (tertiary/aromatic N) is 1. The van der Waals surface area contributed by atoms with E-state index in [1.807, 2.05) is 0 Å². The molecule has 1 aliphatic rings. The number of carbonyl (C=O) groups is 3. The van der Waals surface area contributed by atoms with Gasteiger partial charge in [0.15, 0.2) is 0 Å². The maximum absolute atomic E-state index is 13.7. The number of likely N-dealkylation sites (tertiary alicyclic amines) is 1. The van der Waals surface area contributed by atoms with Gasteiger partial charge < -0.3 is 16.0 Å². The van der Waals surface area contributed by atoms with Crippen LogP contribution < -0.4 is 11.1 Å². The molecule has 3 amide bonds. The van der Waals surface area contributed by atoms with Gasteiger partial charge in [0.1, 0.15) is 5.82 Å². The Hall–Kier alpha value is -3.48. The first-order valence-corrected chi connectivity index (χ1v) is 9.37. The van der Waals surface area contributed by atoms with Crippen molar-refractivity contribution in [2.45, 2.75) is 12.8 Å². The molecule has 0 spiro atoms. The Balaban J connectivity index is 1.69. The van der Waals surface area contributed by atoms with Gasteiger partial charge in [-0.25, -0.2) is 4.39 Å². The lowest BCUT2D eigenvalue weighted by Gasteiger charge is -2.31. The average Bonchev–Trinajstić information content (AvgIpc) is 2.73. The number of anilines is 1. The Labute approximate surface area is 168 Å². The van der Waals surface area contributed by atoms with Gasteiger partial charge >= 0.3 is 0 Å². The summed E-state index contributed by atoms with van der Waals surface area (Å²) >= 11 is 0.